The number of aliphatic imine (C=N–C) groups is 1. The number of nitrogens with zero attached hydrogens (tertiary/aromatic N) is 3. The summed E-state index contributed by atoms with van der Waals surface area (Å²) in [5.74, 6) is 0.601. The first-order chi connectivity index (χ1) is 14.8. The average Bonchev–Trinajstić information content (AvgIpc) is 3.18. The number of benzene rings is 1. The summed E-state index contributed by atoms with van der Waals surface area (Å²) in [7, 11) is 0. The van der Waals surface area contributed by atoms with E-state index in [4.69, 9.17) is 0 Å². The predicted molar refractivity (Wildman–Crippen MR) is 127 cm³/mol. The van der Waals surface area contributed by atoms with Crippen molar-refractivity contribution in [2.45, 2.75) is 60.5 Å². The second-order valence-electron chi connectivity index (χ2n) is 8.39. The van der Waals surface area contributed by atoms with Gasteiger partial charge in [-0.2, -0.15) is 0 Å². The minimum absolute atomic E-state index is 0. The van der Waals surface area contributed by atoms with Crippen LogP contribution in [-0.2, 0) is 4.79 Å². The van der Waals surface area contributed by atoms with Crippen molar-refractivity contribution >= 4 is 17.3 Å². The first-order valence-corrected chi connectivity index (χ1v) is 11.4. The maximum Gasteiger partial charge on any atom is 0.225 e. The fourth-order valence-corrected chi connectivity index (χ4v) is 4.68. The van der Waals surface area contributed by atoms with Gasteiger partial charge in [-0.25, -0.2) is 4.39 Å². The molecule has 5 nitrogen and oxygen atoms in total. The highest BCUT2D eigenvalue weighted by atomic mass is 19.1. The van der Waals surface area contributed by atoms with Gasteiger partial charge in [-0.1, -0.05) is 33.8 Å². The van der Waals surface area contributed by atoms with Crippen molar-refractivity contribution in [1.82, 2.24) is 15.1 Å². The molecule has 0 aromatic heterocycles. The monoisotopic (exact) mass is 428 g/mol. The van der Waals surface area contributed by atoms with Crippen molar-refractivity contribution in [3.63, 3.8) is 0 Å². The number of piperazine rings is 1. The molecule has 1 N–H and O–H groups in total. The van der Waals surface area contributed by atoms with Crippen LogP contribution in [0.15, 0.2) is 40.7 Å². The Labute approximate surface area is 187 Å². The van der Waals surface area contributed by atoms with Gasteiger partial charge in [0.05, 0.1) is 6.04 Å². The Balaban J connectivity index is 0.00000118. The topological polar surface area (TPSA) is 47.9 Å². The Hall–Kier alpha value is -2.63. The number of amides is 1. The highest BCUT2D eigenvalue weighted by molar-refractivity contribution is 6.17. The van der Waals surface area contributed by atoms with Gasteiger partial charge in [0, 0.05) is 61.6 Å². The molecule has 4 rings (SSSR count). The summed E-state index contributed by atoms with van der Waals surface area (Å²) in [6.45, 7) is 16.1. The van der Waals surface area contributed by atoms with Crippen molar-refractivity contribution in [1.29, 1.82) is 0 Å². The van der Waals surface area contributed by atoms with Gasteiger partial charge in [0.15, 0.2) is 0 Å². The van der Waals surface area contributed by atoms with Gasteiger partial charge in [0.25, 0.3) is 0 Å². The number of carbonyl (C=O) groups excluding carboxylic acids is 1. The number of allylic oxidation sites excluding steroid dienone is 1. The molecule has 0 aliphatic carbocycles. The molecule has 3 aliphatic heterocycles. The average molecular weight is 429 g/mol. The van der Waals surface area contributed by atoms with Crippen LogP contribution >= 0.6 is 0 Å². The van der Waals surface area contributed by atoms with Crippen LogP contribution in [0, 0.1) is 11.7 Å². The van der Waals surface area contributed by atoms with Crippen LogP contribution in [0.3, 0.4) is 0 Å². The molecule has 1 aromatic rings. The molecule has 31 heavy (non-hydrogen) atoms. The third-order valence-electron chi connectivity index (χ3n) is 6.15. The lowest BCUT2D eigenvalue weighted by molar-refractivity contribution is -0.140. The SMILES string of the molecule is CC.CCN=C1NC=C2/C1=C(/C)N1C[C@H](c3ccc(F)c2c3)N(C(=O)C(C)C)C[C@H]1C.[HH]. The number of hydrogen-bond acceptors (Lipinski definition) is 3. The van der Waals surface area contributed by atoms with Crippen molar-refractivity contribution in [3.05, 3.63) is 52.6 Å². The number of halogens is 1. The van der Waals surface area contributed by atoms with Crippen LogP contribution in [0.4, 0.5) is 4.39 Å². The maximum absolute atomic E-state index is 14.9. The first-order valence-electron chi connectivity index (χ1n) is 11.4. The summed E-state index contributed by atoms with van der Waals surface area (Å²) in [5, 5.41) is 3.25. The second-order valence-corrected chi connectivity index (χ2v) is 8.39. The zero-order valence-electron chi connectivity index (χ0n) is 19.8. The molecule has 3 heterocycles. The number of fused-ring (bicyclic) bond motifs is 7. The number of nitrogens with one attached hydrogen (secondary N) is 1. The van der Waals surface area contributed by atoms with E-state index in [1.54, 1.807) is 0 Å². The molecule has 6 heteroatoms. The number of rotatable bonds is 2. The van der Waals surface area contributed by atoms with Gasteiger partial charge in [0.1, 0.15) is 11.7 Å². The van der Waals surface area contributed by atoms with E-state index < -0.39 is 0 Å². The van der Waals surface area contributed by atoms with Crippen molar-refractivity contribution in [2.75, 3.05) is 19.6 Å². The van der Waals surface area contributed by atoms with Crippen molar-refractivity contribution in [2.24, 2.45) is 10.9 Å². The van der Waals surface area contributed by atoms with Gasteiger partial charge in [-0.05, 0) is 38.5 Å². The molecule has 0 radical (unpaired) electrons. The molecule has 0 spiro atoms. The molecule has 1 aromatic carbocycles. The largest absolute Gasteiger partial charge is 0.368 e. The van der Waals surface area contributed by atoms with Crippen LogP contribution < -0.4 is 5.32 Å². The number of hydrogen-bond donors (Lipinski definition) is 1. The summed E-state index contributed by atoms with van der Waals surface area (Å²) in [4.78, 5) is 21.9. The standard InChI is InChI=1S/C23H29FN4O.C2H6.H2/c1-6-25-22-21-15(5)27-12-20(28(11-14(27)4)23(29)13(2)3)16-7-8-19(24)17(9-16)18(21)10-26-22;1-2;/h7-10,13-14,20H,6,11-12H2,1-5H3,(H,25,26);1-2H3;1H/b21-15+;;/t14-,20-;;/m1../s1. The van der Waals surface area contributed by atoms with Crippen LogP contribution in [0.25, 0.3) is 5.57 Å². The van der Waals surface area contributed by atoms with E-state index in [0.29, 0.717) is 25.2 Å². The van der Waals surface area contributed by atoms with E-state index in [1.165, 1.54) is 6.07 Å². The molecule has 4 bridgehead atoms. The van der Waals surface area contributed by atoms with E-state index in [9.17, 15) is 9.18 Å². The zero-order chi connectivity index (χ0) is 22.9. The second kappa shape index (κ2) is 9.25. The summed E-state index contributed by atoms with van der Waals surface area (Å²) < 4.78 is 14.9. The maximum atomic E-state index is 14.9. The fourth-order valence-electron chi connectivity index (χ4n) is 4.68. The Bertz CT molecular complexity index is 953. The third kappa shape index (κ3) is 4.00. The van der Waals surface area contributed by atoms with E-state index in [-0.39, 0.29) is 31.2 Å². The summed E-state index contributed by atoms with van der Waals surface area (Å²) in [6.07, 6.45) is 1.85. The van der Waals surface area contributed by atoms with Crippen LogP contribution in [0.5, 0.6) is 0 Å². The molecule has 2 atom stereocenters. The molecular weight excluding hydrogens is 391 g/mol. The summed E-state index contributed by atoms with van der Waals surface area (Å²) in [5.41, 5.74) is 4.39. The minimum atomic E-state index is -0.258. The highest BCUT2D eigenvalue weighted by Gasteiger charge is 2.39. The summed E-state index contributed by atoms with van der Waals surface area (Å²) in [6, 6.07) is 5.32. The third-order valence-corrected chi connectivity index (χ3v) is 6.15. The first kappa shape index (κ1) is 23.0. The lowest BCUT2D eigenvalue weighted by Gasteiger charge is -2.47. The smallest absolute Gasteiger partial charge is 0.225 e. The molecule has 1 saturated heterocycles. The zero-order valence-corrected chi connectivity index (χ0v) is 19.8. The van der Waals surface area contributed by atoms with Crippen LogP contribution in [-0.4, -0.2) is 47.2 Å². The van der Waals surface area contributed by atoms with Gasteiger partial charge >= 0.3 is 0 Å². The number of amidine groups is 1. The van der Waals surface area contributed by atoms with Crippen molar-refractivity contribution < 1.29 is 10.6 Å². The minimum Gasteiger partial charge on any atom is -0.368 e. The van der Waals surface area contributed by atoms with Gasteiger partial charge in [-0.15, -0.1) is 0 Å². The lowest BCUT2D eigenvalue weighted by atomic mass is 9.94. The van der Waals surface area contributed by atoms with E-state index in [0.717, 1.165) is 28.2 Å². The normalized spacial score (nSPS) is 25.7. The Morgan fingerprint density at radius 1 is 1.32 bits per heavy atom. The summed E-state index contributed by atoms with van der Waals surface area (Å²) >= 11 is 0. The Kier molecular flexibility index (Phi) is 6.87. The molecule has 170 valence electrons. The Morgan fingerprint density at radius 3 is 2.68 bits per heavy atom. The fraction of sp³-hybridized carbons (Fsp3) is 0.520. The Morgan fingerprint density at radius 2 is 2.03 bits per heavy atom. The predicted octanol–water partition coefficient (Wildman–Crippen LogP) is 4.98. The quantitative estimate of drug-likeness (QED) is 0.723. The van der Waals surface area contributed by atoms with E-state index in [2.05, 4.69) is 29.1 Å². The molecule has 0 unspecified atom stereocenters. The molecule has 3 aliphatic rings. The van der Waals surface area contributed by atoms with Gasteiger partial charge in [0.2, 0.25) is 5.91 Å². The van der Waals surface area contributed by atoms with Gasteiger partial charge < -0.3 is 15.1 Å². The molecule has 0 saturated carbocycles. The van der Waals surface area contributed by atoms with E-state index >= 15 is 0 Å². The lowest BCUT2D eigenvalue weighted by Crippen LogP contribution is -2.55. The highest BCUT2D eigenvalue weighted by Crippen LogP contribution is 2.40. The van der Waals surface area contributed by atoms with E-state index in [1.807, 2.05) is 57.9 Å². The number of carbonyl (C=O) groups is 1. The molecule has 1 fully saturated rings. The molecular formula is C25H37FN4O. The van der Waals surface area contributed by atoms with Crippen LogP contribution in [0.2, 0.25) is 0 Å². The molecule has 1 amide bonds. The van der Waals surface area contributed by atoms with Crippen molar-refractivity contribution in [3.8, 4) is 0 Å². The van der Waals surface area contributed by atoms with Gasteiger partial charge in [-0.3, -0.25) is 9.79 Å². The van der Waals surface area contributed by atoms with Crippen LogP contribution in [0.1, 0.15) is 67.1 Å².